The first-order valence-electron chi connectivity index (χ1n) is 7.81. The Labute approximate surface area is 130 Å². The third kappa shape index (κ3) is 2.86. The van der Waals surface area contributed by atoms with E-state index in [-0.39, 0.29) is 24.5 Å². The van der Waals surface area contributed by atoms with Gasteiger partial charge in [0.05, 0.1) is 6.21 Å². The van der Waals surface area contributed by atoms with Gasteiger partial charge in [-0.1, -0.05) is 17.3 Å². The van der Waals surface area contributed by atoms with E-state index in [0.717, 1.165) is 12.0 Å². The molecule has 2 aliphatic carbocycles. The van der Waals surface area contributed by atoms with Gasteiger partial charge in [0.2, 0.25) is 0 Å². The number of nitrogens with one attached hydrogen (secondary N) is 1. The largest absolute Gasteiger partial charge is 0.399 e. The van der Waals surface area contributed by atoms with Gasteiger partial charge in [-0.15, -0.1) is 0 Å². The number of rotatable bonds is 5. The topological polar surface area (TPSA) is 70.9 Å². The summed E-state index contributed by atoms with van der Waals surface area (Å²) in [5, 5.41) is 16.4. The first-order chi connectivity index (χ1) is 10.7. The van der Waals surface area contributed by atoms with Crippen LogP contribution in [-0.4, -0.2) is 37.0 Å². The molecule has 1 aromatic carbocycles. The Morgan fingerprint density at radius 1 is 1.36 bits per heavy atom. The smallest absolute Gasteiger partial charge is 0.251 e. The summed E-state index contributed by atoms with van der Waals surface area (Å²) in [5.41, 5.74) is 1.51. The number of carbonyl (C=O) groups excluding carboxylic acids is 1. The van der Waals surface area contributed by atoms with Crippen molar-refractivity contribution in [1.29, 1.82) is 0 Å². The van der Waals surface area contributed by atoms with E-state index >= 15 is 0 Å². The Hall–Kier alpha value is -1.88. The summed E-state index contributed by atoms with van der Waals surface area (Å²) in [6, 6.07) is 7.36. The highest BCUT2D eigenvalue weighted by Crippen LogP contribution is 2.48. The molecule has 4 atom stereocenters. The molecule has 2 fully saturated rings. The van der Waals surface area contributed by atoms with Crippen molar-refractivity contribution >= 4 is 12.1 Å². The van der Waals surface area contributed by atoms with Crippen LogP contribution >= 0.6 is 0 Å². The van der Waals surface area contributed by atoms with Crippen LogP contribution < -0.4 is 5.32 Å². The second-order valence-corrected chi connectivity index (χ2v) is 6.22. The van der Waals surface area contributed by atoms with Crippen LogP contribution in [0.5, 0.6) is 0 Å². The van der Waals surface area contributed by atoms with E-state index in [4.69, 9.17) is 0 Å². The molecule has 2 saturated carbocycles. The zero-order valence-corrected chi connectivity index (χ0v) is 12.7. The lowest BCUT2D eigenvalue weighted by Crippen LogP contribution is -2.45. The second kappa shape index (κ2) is 6.48. The number of amides is 1. The molecule has 0 radical (unpaired) electrons. The summed E-state index contributed by atoms with van der Waals surface area (Å²) in [7, 11) is 1.49. The van der Waals surface area contributed by atoms with Crippen molar-refractivity contribution < 1.29 is 14.7 Å². The minimum absolute atomic E-state index is 0.0637. The fraction of sp³-hybridized carbons (Fsp3) is 0.529. The number of aliphatic hydroxyl groups is 1. The number of hydrogen-bond donors (Lipinski definition) is 2. The van der Waals surface area contributed by atoms with Gasteiger partial charge in [0.1, 0.15) is 7.11 Å². The van der Waals surface area contributed by atoms with E-state index < -0.39 is 0 Å². The predicted octanol–water partition coefficient (Wildman–Crippen LogP) is 1.80. The Morgan fingerprint density at radius 2 is 2.09 bits per heavy atom. The quantitative estimate of drug-likeness (QED) is 0.643. The van der Waals surface area contributed by atoms with Gasteiger partial charge in [-0.3, -0.25) is 4.79 Å². The van der Waals surface area contributed by atoms with Crippen LogP contribution in [-0.2, 0) is 4.84 Å². The lowest BCUT2D eigenvalue weighted by atomic mass is 9.85. The Kier molecular flexibility index (Phi) is 4.43. The molecule has 0 aliphatic heterocycles. The number of oxime groups is 1. The molecule has 0 saturated heterocycles. The number of benzene rings is 1. The minimum atomic E-state index is -0.0637. The van der Waals surface area contributed by atoms with E-state index in [1.54, 1.807) is 18.3 Å². The van der Waals surface area contributed by atoms with E-state index in [0.29, 0.717) is 17.4 Å². The highest BCUT2D eigenvalue weighted by Gasteiger charge is 2.47. The average Bonchev–Trinajstić information content (AvgIpc) is 3.14. The van der Waals surface area contributed by atoms with Crippen molar-refractivity contribution in [3.05, 3.63) is 35.4 Å². The van der Waals surface area contributed by atoms with Gasteiger partial charge in [-0.05, 0) is 48.8 Å². The van der Waals surface area contributed by atoms with Gasteiger partial charge in [0.25, 0.3) is 5.91 Å². The summed E-state index contributed by atoms with van der Waals surface area (Å²) in [4.78, 5) is 17.0. The Balaban J connectivity index is 1.65. The molecule has 1 amide bonds. The lowest BCUT2D eigenvalue weighted by Gasteiger charge is -2.30. The van der Waals surface area contributed by atoms with Crippen LogP contribution in [0.2, 0.25) is 0 Å². The van der Waals surface area contributed by atoms with Crippen molar-refractivity contribution in [2.45, 2.75) is 25.3 Å². The van der Waals surface area contributed by atoms with Gasteiger partial charge in [-0.2, -0.15) is 0 Å². The van der Waals surface area contributed by atoms with Crippen LogP contribution in [0.4, 0.5) is 0 Å². The summed E-state index contributed by atoms with van der Waals surface area (Å²) < 4.78 is 0. The van der Waals surface area contributed by atoms with Crippen LogP contribution in [0.3, 0.4) is 0 Å². The third-order valence-electron chi connectivity index (χ3n) is 5.08. The van der Waals surface area contributed by atoms with Gasteiger partial charge in [0.15, 0.2) is 0 Å². The monoisotopic (exact) mass is 302 g/mol. The Morgan fingerprint density at radius 3 is 2.77 bits per heavy atom. The number of aliphatic hydroxyl groups excluding tert-OH is 1. The number of fused-ring (bicyclic) bond motifs is 2. The zero-order valence-electron chi connectivity index (χ0n) is 12.7. The maximum atomic E-state index is 12.4. The van der Waals surface area contributed by atoms with Crippen LogP contribution in [0.25, 0.3) is 0 Å². The van der Waals surface area contributed by atoms with E-state index in [1.807, 2.05) is 12.1 Å². The molecule has 0 heterocycles. The molecule has 0 spiro atoms. The molecule has 4 unspecified atom stereocenters. The summed E-state index contributed by atoms with van der Waals surface area (Å²) >= 11 is 0. The van der Waals surface area contributed by atoms with Crippen LogP contribution in [0, 0.1) is 17.8 Å². The van der Waals surface area contributed by atoms with E-state index in [2.05, 4.69) is 15.3 Å². The highest BCUT2D eigenvalue weighted by molar-refractivity contribution is 5.95. The molecular formula is C17H22N2O3. The molecule has 5 heteroatoms. The molecule has 22 heavy (non-hydrogen) atoms. The van der Waals surface area contributed by atoms with Gasteiger partial charge in [-0.25, -0.2) is 0 Å². The maximum Gasteiger partial charge on any atom is 0.251 e. The second-order valence-electron chi connectivity index (χ2n) is 6.22. The first-order valence-corrected chi connectivity index (χ1v) is 7.81. The van der Waals surface area contributed by atoms with Gasteiger partial charge in [0, 0.05) is 24.1 Å². The molecule has 0 aromatic heterocycles. The number of hydrogen-bond acceptors (Lipinski definition) is 4. The normalized spacial score (nSPS) is 29.9. The number of nitrogens with zero attached hydrogens (tertiary/aromatic N) is 1. The summed E-state index contributed by atoms with van der Waals surface area (Å²) in [6.07, 6.45) is 5.09. The summed E-state index contributed by atoms with van der Waals surface area (Å²) in [5.74, 6) is 1.26. The standard InChI is InChI=1S/C17H22N2O3/c1-22-18-9-11-2-4-12(5-3-11)17(21)19-16-14-7-6-13(8-14)15(16)10-20/h2-5,9,13-16,20H,6-8,10H2,1H3,(H,19,21)/b18-9+. The van der Waals surface area contributed by atoms with E-state index in [9.17, 15) is 9.90 Å². The van der Waals surface area contributed by atoms with Crippen LogP contribution in [0.15, 0.2) is 29.4 Å². The van der Waals surface area contributed by atoms with Crippen LogP contribution in [0.1, 0.15) is 35.2 Å². The van der Waals surface area contributed by atoms with E-state index in [1.165, 1.54) is 20.0 Å². The zero-order chi connectivity index (χ0) is 15.5. The van der Waals surface area contributed by atoms with Crippen molar-refractivity contribution in [3.63, 3.8) is 0 Å². The van der Waals surface area contributed by atoms with Crippen molar-refractivity contribution in [3.8, 4) is 0 Å². The first kappa shape index (κ1) is 15.0. The molecule has 5 nitrogen and oxygen atoms in total. The molecule has 1 aromatic rings. The van der Waals surface area contributed by atoms with Crippen molar-refractivity contribution in [2.75, 3.05) is 13.7 Å². The molecule has 2 N–H and O–H groups in total. The fourth-order valence-corrected chi connectivity index (χ4v) is 3.97. The number of carbonyl (C=O) groups is 1. The molecule has 3 rings (SSSR count). The third-order valence-corrected chi connectivity index (χ3v) is 5.08. The predicted molar refractivity (Wildman–Crippen MR) is 83.7 cm³/mol. The SMILES string of the molecule is CO/N=C/c1ccc(C(=O)NC2C3CCC(C3)C2CO)cc1. The van der Waals surface area contributed by atoms with Gasteiger partial charge >= 0.3 is 0 Å². The Bertz CT molecular complexity index is 556. The van der Waals surface area contributed by atoms with Crippen molar-refractivity contribution in [2.24, 2.45) is 22.9 Å². The molecule has 2 bridgehead atoms. The minimum Gasteiger partial charge on any atom is -0.399 e. The maximum absolute atomic E-state index is 12.4. The molecule has 2 aliphatic rings. The molecular weight excluding hydrogens is 280 g/mol. The molecule has 118 valence electrons. The fourth-order valence-electron chi connectivity index (χ4n) is 3.97. The lowest BCUT2D eigenvalue weighted by molar-refractivity contribution is 0.0861. The highest BCUT2D eigenvalue weighted by atomic mass is 16.6. The van der Waals surface area contributed by atoms with Gasteiger partial charge < -0.3 is 15.3 Å². The summed E-state index contributed by atoms with van der Waals surface area (Å²) in [6.45, 7) is 0.165. The van der Waals surface area contributed by atoms with Crippen molar-refractivity contribution in [1.82, 2.24) is 5.32 Å². The average molecular weight is 302 g/mol.